The van der Waals surface area contributed by atoms with Crippen LogP contribution < -0.4 is 0 Å². The third-order valence-electron chi connectivity index (χ3n) is 1.80. The molecule has 0 bridgehead atoms. The summed E-state index contributed by atoms with van der Waals surface area (Å²) in [6, 6.07) is 1.78. The summed E-state index contributed by atoms with van der Waals surface area (Å²) in [4.78, 5) is 11.6. The minimum atomic E-state index is -0.695. The zero-order valence-electron chi connectivity index (χ0n) is 9.47. The number of carbonyl (C=O) groups excluding carboxylic acids is 1. The van der Waals surface area contributed by atoms with E-state index in [9.17, 15) is 4.79 Å². The predicted octanol–water partition coefficient (Wildman–Crippen LogP) is 2.09. The Balaban J connectivity index is 2.66. The van der Waals surface area contributed by atoms with Gasteiger partial charge < -0.3 is 4.74 Å². The van der Waals surface area contributed by atoms with Gasteiger partial charge in [0.05, 0.1) is 6.61 Å². The van der Waals surface area contributed by atoms with E-state index in [1.54, 1.807) is 43.9 Å². The average Bonchev–Trinajstić information content (AvgIpc) is 2.70. The second-order valence-electron chi connectivity index (χ2n) is 3.55. The standard InChI is InChI=1S/C10H14N2O2S2/c1-4-14-8(13)10(2,3)16-9(15)12-7-5-6-11-12/h5-7H,4H2,1-3H3. The SMILES string of the molecule is CCOC(=O)C(C)(C)SC(=S)n1cccn1. The van der Waals surface area contributed by atoms with Crippen molar-refractivity contribution in [3.05, 3.63) is 18.5 Å². The van der Waals surface area contributed by atoms with Crippen LogP contribution in [0, 0.1) is 0 Å². The van der Waals surface area contributed by atoms with Crippen LogP contribution in [0.4, 0.5) is 0 Å². The molecule has 0 unspecified atom stereocenters. The van der Waals surface area contributed by atoms with Crippen LogP contribution in [0.15, 0.2) is 18.5 Å². The lowest BCUT2D eigenvalue weighted by molar-refractivity contribution is -0.145. The summed E-state index contributed by atoms with van der Waals surface area (Å²) in [5.74, 6) is -0.269. The molecule has 1 aromatic rings. The number of thioether (sulfide) groups is 1. The first-order valence-electron chi connectivity index (χ1n) is 4.87. The lowest BCUT2D eigenvalue weighted by atomic mass is 10.2. The number of carbonyl (C=O) groups is 1. The van der Waals surface area contributed by atoms with Gasteiger partial charge in [-0.15, -0.1) is 0 Å². The first-order valence-corrected chi connectivity index (χ1v) is 6.10. The predicted molar refractivity (Wildman–Crippen MR) is 68.5 cm³/mol. The Hall–Kier alpha value is -0.880. The molecule has 0 aliphatic heterocycles. The zero-order valence-corrected chi connectivity index (χ0v) is 11.1. The van der Waals surface area contributed by atoms with Crippen molar-refractivity contribution in [1.82, 2.24) is 9.78 Å². The van der Waals surface area contributed by atoms with Crippen molar-refractivity contribution in [2.75, 3.05) is 6.61 Å². The van der Waals surface area contributed by atoms with Crippen molar-refractivity contribution in [3.63, 3.8) is 0 Å². The van der Waals surface area contributed by atoms with E-state index in [0.717, 1.165) is 0 Å². The van der Waals surface area contributed by atoms with Crippen LogP contribution in [0.3, 0.4) is 0 Å². The average molecular weight is 258 g/mol. The Morgan fingerprint density at radius 1 is 1.62 bits per heavy atom. The molecule has 16 heavy (non-hydrogen) atoms. The number of rotatable bonds is 3. The second-order valence-corrected chi connectivity index (χ2v) is 5.81. The van der Waals surface area contributed by atoms with Crippen LogP contribution in [0.25, 0.3) is 0 Å². The summed E-state index contributed by atoms with van der Waals surface area (Å²) < 4.78 is 6.37. The molecule has 1 aromatic heterocycles. The van der Waals surface area contributed by atoms with Gasteiger partial charge in [0.1, 0.15) is 4.75 Å². The molecule has 0 saturated carbocycles. The van der Waals surface area contributed by atoms with Gasteiger partial charge >= 0.3 is 5.97 Å². The normalized spacial score (nSPS) is 11.2. The molecular weight excluding hydrogens is 244 g/mol. The summed E-state index contributed by atoms with van der Waals surface area (Å²) in [6.07, 6.45) is 3.39. The molecule has 0 aliphatic carbocycles. The fraction of sp³-hybridized carbons (Fsp3) is 0.500. The van der Waals surface area contributed by atoms with Gasteiger partial charge in [-0.1, -0.05) is 24.0 Å². The molecule has 0 spiro atoms. The number of hydrogen-bond donors (Lipinski definition) is 0. The fourth-order valence-corrected chi connectivity index (χ4v) is 2.50. The van der Waals surface area contributed by atoms with Gasteiger partial charge in [0, 0.05) is 12.4 Å². The second kappa shape index (κ2) is 5.45. The molecule has 0 atom stereocenters. The molecule has 1 heterocycles. The van der Waals surface area contributed by atoms with Crippen molar-refractivity contribution in [2.45, 2.75) is 25.5 Å². The molecule has 0 saturated heterocycles. The van der Waals surface area contributed by atoms with E-state index in [1.165, 1.54) is 11.8 Å². The Morgan fingerprint density at radius 3 is 2.81 bits per heavy atom. The van der Waals surface area contributed by atoms with Gasteiger partial charge in [-0.05, 0) is 26.8 Å². The molecule has 4 nitrogen and oxygen atoms in total. The molecule has 0 radical (unpaired) electrons. The molecule has 1 rings (SSSR count). The highest BCUT2D eigenvalue weighted by Gasteiger charge is 2.32. The van der Waals surface area contributed by atoms with Gasteiger partial charge in [0.2, 0.25) is 0 Å². The van der Waals surface area contributed by atoms with Crippen LogP contribution >= 0.6 is 24.0 Å². The van der Waals surface area contributed by atoms with E-state index in [2.05, 4.69) is 5.10 Å². The third kappa shape index (κ3) is 3.31. The Labute approximate surface area is 104 Å². The lowest BCUT2D eigenvalue weighted by Gasteiger charge is -2.21. The quantitative estimate of drug-likeness (QED) is 0.613. The van der Waals surface area contributed by atoms with E-state index in [1.807, 2.05) is 0 Å². The lowest BCUT2D eigenvalue weighted by Crippen LogP contribution is -2.32. The van der Waals surface area contributed by atoms with Gasteiger partial charge in [-0.25, -0.2) is 4.68 Å². The number of esters is 1. The van der Waals surface area contributed by atoms with Crippen LogP contribution in [0.1, 0.15) is 20.8 Å². The summed E-state index contributed by atoms with van der Waals surface area (Å²) in [7, 11) is 0. The first kappa shape index (κ1) is 13.2. The maximum absolute atomic E-state index is 11.6. The molecule has 6 heteroatoms. The Kier molecular flexibility index (Phi) is 4.49. The van der Waals surface area contributed by atoms with E-state index in [4.69, 9.17) is 17.0 Å². The van der Waals surface area contributed by atoms with Gasteiger partial charge in [0.25, 0.3) is 0 Å². The molecule has 0 N–H and O–H groups in total. The maximum atomic E-state index is 11.6. The van der Waals surface area contributed by atoms with Gasteiger partial charge in [0.15, 0.2) is 4.32 Å². The van der Waals surface area contributed by atoms with Crippen LogP contribution in [0.5, 0.6) is 0 Å². The highest BCUT2D eigenvalue weighted by atomic mass is 32.2. The molecule has 0 amide bonds. The topological polar surface area (TPSA) is 44.1 Å². The maximum Gasteiger partial charge on any atom is 0.322 e. The number of ether oxygens (including phenoxy) is 1. The van der Waals surface area contributed by atoms with E-state index in [0.29, 0.717) is 10.9 Å². The molecule has 88 valence electrons. The smallest absolute Gasteiger partial charge is 0.322 e. The van der Waals surface area contributed by atoms with E-state index < -0.39 is 4.75 Å². The minimum absolute atomic E-state index is 0.269. The van der Waals surface area contributed by atoms with Crippen molar-refractivity contribution in [2.24, 2.45) is 0 Å². The number of thiocarbonyl (C=S) groups is 1. The summed E-state index contributed by atoms with van der Waals surface area (Å²) in [5.41, 5.74) is 0. The summed E-state index contributed by atoms with van der Waals surface area (Å²) >= 11 is 6.45. The molecule has 0 aliphatic rings. The van der Waals surface area contributed by atoms with Crippen LogP contribution in [-0.4, -0.2) is 31.4 Å². The molecular formula is C10H14N2O2S2. The molecule has 0 aromatic carbocycles. The number of aromatic nitrogens is 2. The minimum Gasteiger partial charge on any atom is -0.465 e. The van der Waals surface area contributed by atoms with Crippen molar-refractivity contribution < 1.29 is 9.53 Å². The Morgan fingerprint density at radius 2 is 2.31 bits per heavy atom. The monoisotopic (exact) mass is 258 g/mol. The summed E-state index contributed by atoms with van der Waals surface area (Å²) in [5, 5.41) is 4.01. The van der Waals surface area contributed by atoms with Crippen LogP contribution in [0.2, 0.25) is 0 Å². The van der Waals surface area contributed by atoms with Crippen molar-refractivity contribution in [3.8, 4) is 0 Å². The van der Waals surface area contributed by atoms with Gasteiger partial charge in [-0.3, -0.25) is 4.79 Å². The third-order valence-corrected chi connectivity index (χ3v) is 3.28. The van der Waals surface area contributed by atoms with Crippen molar-refractivity contribution >= 4 is 34.3 Å². The van der Waals surface area contributed by atoms with Crippen molar-refractivity contribution in [1.29, 1.82) is 0 Å². The zero-order chi connectivity index (χ0) is 12.2. The van der Waals surface area contributed by atoms with Gasteiger partial charge in [-0.2, -0.15) is 5.10 Å². The largest absolute Gasteiger partial charge is 0.465 e. The first-order chi connectivity index (χ1) is 7.47. The summed E-state index contributed by atoms with van der Waals surface area (Å²) in [6.45, 7) is 5.72. The number of nitrogens with zero attached hydrogens (tertiary/aromatic N) is 2. The fourth-order valence-electron chi connectivity index (χ4n) is 0.988. The highest BCUT2D eigenvalue weighted by Crippen LogP contribution is 2.27. The molecule has 0 fully saturated rings. The Bertz CT molecular complexity index is 374. The highest BCUT2D eigenvalue weighted by molar-refractivity contribution is 8.24. The van der Waals surface area contributed by atoms with Crippen LogP contribution in [-0.2, 0) is 9.53 Å². The van der Waals surface area contributed by atoms with E-state index >= 15 is 0 Å². The number of hydrogen-bond acceptors (Lipinski definition) is 5. The van der Waals surface area contributed by atoms with E-state index in [-0.39, 0.29) is 5.97 Å².